The van der Waals surface area contributed by atoms with Crippen molar-refractivity contribution in [3.63, 3.8) is 0 Å². The summed E-state index contributed by atoms with van der Waals surface area (Å²) in [5, 5.41) is 3.52. The van der Waals surface area contributed by atoms with E-state index in [1.54, 1.807) is 19.2 Å². The minimum Gasteiger partial charge on any atom is -0.374 e. The van der Waals surface area contributed by atoms with Crippen LogP contribution in [0.1, 0.15) is 18.4 Å². The van der Waals surface area contributed by atoms with Crippen molar-refractivity contribution in [3.8, 4) is 0 Å². The largest absolute Gasteiger partial charge is 0.374 e. The van der Waals surface area contributed by atoms with Crippen LogP contribution < -0.4 is 5.32 Å². The lowest BCUT2D eigenvalue weighted by Gasteiger charge is -2.23. The van der Waals surface area contributed by atoms with Gasteiger partial charge in [0.05, 0.1) is 17.2 Å². The number of halogens is 2. The van der Waals surface area contributed by atoms with Crippen molar-refractivity contribution in [2.45, 2.75) is 31.6 Å². The molecule has 3 aliphatic heterocycles. The SMILES string of the molecule is CN=C(NCc1ccc(F)c(Cl)c1)N1CC2C3CCC(O3)C2C1. The maximum atomic E-state index is 13.2. The Labute approximate surface area is 140 Å². The van der Waals surface area contributed by atoms with Crippen molar-refractivity contribution in [1.29, 1.82) is 0 Å². The number of nitrogens with one attached hydrogen (secondary N) is 1. The van der Waals surface area contributed by atoms with E-state index in [0.717, 1.165) is 24.6 Å². The third kappa shape index (κ3) is 2.70. The number of likely N-dealkylation sites (tertiary alicyclic amines) is 1. The molecule has 4 unspecified atom stereocenters. The van der Waals surface area contributed by atoms with Gasteiger partial charge in [-0.25, -0.2) is 4.39 Å². The molecule has 23 heavy (non-hydrogen) atoms. The lowest BCUT2D eigenvalue weighted by molar-refractivity contribution is 0.0767. The highest BCUT2D eigenvalue weighted by Gasteiger charge is 2.53. The molecule has 2 bridgehead atoms. The number of aliphatic imine (C=N–C) groups is 1. The quantitative estimate of drug-likeness (QED) is 0.666. The molecule has 3 heterocycles. The zero-order valence-electron chi connectivity index (χ0n) is 13.1. The van der Waals surface area contributed by atoms with Crippen molar-refractivity contribution in [2.24, 2.45) is 16.8 Å². The van der Waals surface area contributed by atoms with Crippen molar-refractivity contribution >= 4 is 17.6 Å². The van der Waals surface area contributed by atoms with Crippen molar-refractivity contribution in [2.75, 3.05) is 20.1 Å². The fourth-order valence-electron chi connectivity index (χ4n) is 4.30. The minimum atomic E-state index is -0.386. The average molecular weight is 338 g/mol. The minimum absolute atomic E-state index is 0.156. The van der Waals surface area contributed by atoms with E-state index in [1.165, 1.54) is 18.9 Å². The smallest absolute Gasteiger partial charge is 0.193 e. The zero-order valence-corrected chi connectivity index (χ0v) is 13.9. The summed E-state index contributed by atoms with van der Waals surface area (Å²) >= 11 is 5.84. The van der Waals surface area contributed by atoms with Gasteiger partial charge in [-0.05, 0) is 30.5 Å². The van der Waals surface area contributed by atoms with Gasteiger partial charge in [0.15, 0.2) is 5.96 Å². The fourth-order valence-corrected chi connectivity index (χ4v) is 4.50. The normalized spacial score (nSPS) is 32.5. The van der Waals surface area contributed by atoms with Crippen LogP contribution in [0, 0.1) is 17.7 Å². The maximum Gasteiger partial charge on any atom is 0.193 e. The molecule has 6 heteroatoms. The van der Waals surface area contributed by atoms with Gasteiger partial charge in [-0.15, -0.1) is 0 Å². The van der Waals surface area contributed by atoms with E-state index in [0.29, 0.717) is 30.6 Å². The van der Waals surface area contributed by atoms with E-state index in [-0.39, 0.29) is 10.8 Å². The van der Waals surface area contributed by atoms with Gasteiger partial charge in [-0.3, -0.25) is 4.99 Å². The molecule has 3 fully saturated rings. The summed E-state index contributed by atoms with van der Waals surface area (Å²) < 4.78 is 19.2. The van der Waals surface area contributed by atoms with Gasteiger partial charge in [0, 0.05) is 38.5 Å². The van der Waals surface area contributed by atoms with Crippen LogP contribution in [-0.4, -0.2) is 43.2 Å². The maximum absolute atomic E-state index is 13.2. The number of hydrogen-bond donors (Lipinski definition) is 1. The van der Waals surface area contributed by atoms with Crippen LogP contribution in [0.3, 0.4) is 0 Å². The van der Waals surface area contributed by atoms with Crippen LogP contribution in [0.4, 0.5) is 4.39 Å². The van der Waals surface area contributed by atoms with E-state index in [9.17, 15) is 4.39 Å². The first-order valence-corrected chi connectivity index (χ1v) is 8.58. The van der Waals surface area contributed by atoms with Gasteiger partial charge < -0.3 is 15.0 Å². The fraction of sp³-hybridized carbons (Fsp3) is 0.588. The highest BCUT2D eigenvalue weighted by molar-refractivity contribution is 6.30. The van der Waals surface area contributed by atoms with E-state index in [4.69, 9.17) is 16.3 Å². The molecule has 0 aromatic heterocycles. The molecule has 1 aromatic rings. The molecule has 3 saturated heterocycles. The Morgan fingerprint density at radius 2 is 2.04 bits per heavy atom. The summed E-state index contributed by atoms with van der Waals surface area (Å²) in [4.78, 5) is 6.73. The molecule has 0 radical (unpaired) electrons. The third-order valence-corrected chi connectivity index (χ3v) is 5.69. The Hall–Kier alpha value is -1.33. The summed E-state index contributed by atoms with van der Waals surface area (Å²) in [6.45, 7) is 2.60. The summed E-state index contributed by atoms with van der Waals surface area (Å²) in [5.41, 5.74) is 0.945. The number of ether oxygens (including phenoxy) is 1. The molecular weight excluding hydrogens is 317 g/mol. The molecule has 1 aromatic carbocycles. The van der Waals surface area contributed by atoms with Gasteiger partial charge in [0.1, 0.15) is 5.82 Å². The van der Waals surface area contributed by atoms with Crippen LogP contribution in [0.5, 0.6) is 0 Å². The Morgan fingerprint density at radius 1 is 1.35 bits per heavy atom. The number of guanidine groups is 1. The Kier molecular flexibility index (Phi) is 3.93. The van der Waals surface area contributed by atoms with E-state index in [1.807, 2.05) is 0 Å². The number of rotatable bonds is 2. The Balaban J connectivity index is 1.39. The van der Waals surface area contributed by atoms with Crippen molar-refractivity contribution < 1.29 is 9.13 Å². The predicted molar refractivity (Wildman–Crippen MR) is 88.1 cm³/mol. The van der Waals surface area contributed by atoms with Gasteiger partial charge in [0.25, 0.3) is 0 Å². The van der Waals surface area contributed by atoms with Crippen LogP contribution in [0.15, 0.2) is 23.2 Å². The lowest BCUT2D eigenvalue weighted by Crippen LogP contribution is -2.41. The average Bonchev–Trinajstić information content (AvgIpc) is 3.23. The molecule has 124 valence electrons. The number of fused-ring (bicyclic) bond motifs is 5. The topological polar surface area (TPSA) is 36.9 Å². The number of nitrogens with zero attached hydrogens (tertiary/aromatic N) is 2. The third-order valence-electron chi connectivity index (χ3n) is 5.40. The molecule has 0 saturated carbocycles. The second-order valence-electron chi connectivity index (χ2n) is 6.67. The molecule has 0 amide bonds. The van der Waals surface area contributed by atoms with Gasteiger partial charge in [0.2, 0.25) is 0 Å². The summed E-state index contributed by atoms with van der Waals surface area (Å²) in [6.07, 6.45) is 3.31. The highest BCUT2D eigenvalue weighted by Crippen LogP contribution is 2.47. The first-order valence-electron chi connectivity index (χ1n) is 8.20. The predicted octanol–water partition coefficient (Wildman–Crippen LogP) is 2.66. The van der Waals surface area contributed by atoms with E-state index < -0.39 is 0 Å². The molecule has 1 N–H and O–H groups in total. The van der Waals surface area contributed by atoms with Crippen LogP contribution in [0.2, 0.25) is 5.02 Å². The second-order valence-corrected chi connectivity index (χ2v) is 7.08. The molecule has 4 rings (SSSR count). The standard InChI is InChI=1S/C17H21ClFN3O/c1-20-17(21-7-10-2-3-14(19)13(18)6-10)22-8-11-12(9-22)16-5-4-15(11)23-16/h2-3,6,11-12,15-16H,4-5,7-9H2,1H3,(H,20,21). The molecule has 4 nitrogen and oxygen atoms in total. The Morgan fingerprint density at radius 3 is 2.65 bits per heavy atom. The molecule has 0 aliphatic carbocycles. The molecule has 0 spiro atoms. The first kappa shape index (κ1) is 15.2. The molecular formula is C17H21ClFN3O. The lowest BCUT2D eigenvalue weighted by atomic mass is 9.82. The van der Waals surface area contributed by atoms with Crippen LogP contribution >= 0.6 is 11.6 Å². The van der Waals surface area contributed by atoms with Gasteiger partial charge >= 0.3 is 0 Å². The molecule has 4 atom stereocenters. The monoisotopic (exact) mass is 337 g/mol. The second kappa shape index (κ2) is 5.95. The zero-order chi connectivity index (χ0) is 16.0. The highest BCUT2D eigenvalue weighted by atomic mass is 35.5. The van der Waals surface area contributed by atoms with Crippen LogP contribution in [-0.2, 0) is 11.3 Å². The Bertz CT molecular complexity index is 620. The van der Waals surface area contributed by atoms with Crippen molar-refractivity contribution in [3.05, 3.63) is 34.6 Å². The summed E-state index contributed by atoms with van der Waals surface area (Å²) in [5.74, 6) is 1.81. The van der Waals surface area contributed by atoms with Gasteiger partial charge in [-0.1, -0.05) is 17.7 Å². The number of hydrogen-bond acceptors (Lipinski definition) is 2. The molecule has 3 aliphatic rings. The summed E-state index contributed by atoms with van der Waals surface area (Å²) in [7, 11) is 1.80. The summed E-state index contributed by atoms with van der Waals surface area (Å²) in [6, 6.07) is 4.80. The van der Waals surface area contributed by atoms with E-state index in [2.05, 4.69) is 15.2 Å². The van der Waals surface area contributed by atoms with Gasteiger partial charge in [-0.2, -0.15) is 0 Å². The van der Waals surface area contributed by atoms with Crippen LogP contribution in [0.25, 0.3) is 0 Å². The van der Waals surface area contributed by atoms with E-state index >= 15 is 0 Å². The first-order chi connectivity index (χ1) is 11.2. The number of benzene rings is 1. The van der Waals surface area contributed by atoms with Crippen molar-refractivity contribution in [1.82, 2.24) is 10.2 Å².